The molecule has 0 N–H and O–H groups in total. The van der Waals surface area contributed by atoms with E-state index in [1.54, 1.807) is 0 Å². The topological polar surface area (TPSA) is 16.4 Å². The summed E-state index contributed by atoms with van der Waals surface area (Å²) in [7, 11) is 0. The van der Waals surface area contributed by atoms with Crippen LogP contribution < -0.4 is 4.90 Å². The first kappa shape index (κ1) is 37.8. The molecule has 0 aliphatic heterocycles. The molecule has 66 heavy (non-hydrogen) atoms. The Bertz CT molecular complexity index is 3930. The Kier molecular flexibility index (Phi) is 8.89. The number of benzene rings is 12. The fourth-order valence-corrected chi connectivity index (χ4v) is 10.2. The van der Waals surface area contributed by atoms with Crippen molar-refractivity contribution in [2.45, 2.75) is 0 Å². The largest absolute Gasteiger partial charge is 0.456 e. The molecule has 308 valence electrons. The van der Waals surface area contributed by atoms with Gasteiger partial charge in [0.1, 0.15) is 11.2 Å². The summed E-state index contributed by atoms with van der Waals surface area (Å²) in [6.07, 6.45) is 0. The molecule has 0 aliphatic carbocycles. The van der Waals surface area contributed by atoms with E-state index in [-0.39, 0.29) is 0 Å². The minimum Gasteiger partial charge on any atom is -0.456 e. The Morgan fingerprint density at radius 3 is 1.26 bits per heavy atom. The van der Waals surface area contributed by atoms with Crippen molar-refractivity contribution in [3.8, 4) is 44.5 Å². The molecule has 0 saturated carbocycles. The number of nitrogens with zero attached hydrogens (tertiary/aromatic N) is 1. The van der Waals surface area contributed by atoms with Gasteiger partial charge in [0.25, 0.3) is 0 Å². The number of furan rings is 1. The molecule has 0 amide bonds. The van der Waals surface area contributed by atoms with E-state index in [0.29, 0.717) is 0 Å². The van der Waals surface area contributed by atoms with Crippen LogP contribution in [0.15, 0.2) is 253 Å². The van der Waals surface area contributed by atoms with Gasteiger partial charge in [0.2, 0.25) is 0 Å². The number of para-hydroxylation sites is 1. The second kappa shape index (κ2) is 15.5. The summed E-state index contributed by atoms with van der Waals surface area (Å²) in [5.41, 5.74) is 14.6. The number of anilines is 3. The van der Waals surface area contributed by atoms with Crippen molar-refractivity contribution in [2.24, 2.45) is 0 Å². The standard InChI is InChI=1S/C64H41NO/c1-2-15-53-45(11-1)12-10-21-54(53)49-14-9-13-46(39-49)42-23-31-50(32-24-42)65(52-35-27-44(28-36-52)48-30-38-64-62(41-48)60-20-7-8-22-63(60)66-64)51-33-25-43(26-34-51)47-29-37-59-57-18-4-3-16-55(57)56-17-5-6-19-58(56)61(59)40-47/h1-41H. The summed E-state index contributed by atoms with van der Waals surface area (Å²) in [5, 5.41) is 12.5. The van der Waals surface area contributed by atoms with E-state index in [9.17, 15) is 0 Å². The van der Waals surface area contributed by atoms with Gasteiger partial charge in [-0.3, -0.25) is 0 Å². The van der Waals surface area contributed by atoms with Crippen LogP contribution in [-0.4, -0.2) is 0 Å². The highest BCUT2D eigenvalue weighted by Crippen LogP contribution is 2.41. The van der Waals surface area contributed by atoms with Gasteiger partial charge < -0.3 is 9.32 Å². The van der Waals surface area contributed by atoms with Crippen molar-refractivity contribution < 1.29 is 4.42 Å². The summed E-state index contributed by atoms with van der Waals surface area (Å²) in [6.45, 7) is 0. The molecular weight excluding hydrogens is 799 g/mol. The molecule has 2 heteroatoms. The molecule has 12 aromatic carbocycles. The third-order valence-electron chi connectivity index (χ3n) is 13.5. The fraction of sp³-hybridized carbons (Fsp3) is 0. The Morgan fingerprint density at radius 2 is 0.636 bits per heavy atom. The van der Waals surface area contributed by atoms with E-state index >= 15 is 0 Å². The van der Waals surface area contributed by atoms with Crippen LogP contribution in [-0.2, 0) is 0 Å². The van der Waals surface area contributed by atoms with Crippen LogP contribution in [0, 0.1) is 0 Å². The third-order valence-corrected chi connectivity index (χ3v) is 13.5. The van der Waals surface area contributed by atoms with Gasteiger partial charge in [0.05, 0.1) is 0 Å². The zero-order valence-corrected chi connectivity index (χ0v) is 36.0. The maximum absolute atomic E-state index is 6.15. The first-order valence-electron chi connectivity index (χ1n) is 22.6. The molecule has 1 aromatic heterocycles. The van der Waals surface area contributed by atoms with Gasteiger partial charge in [-0.1, -0.05) is 182 Å². The van der Waals surface area contributed by atoms with Crippen LogP contribution >= 0.6 is 0 Å². The highest BCUT2D eigenvalue weighted by molar-refractivity contribution is 6.25. The summed E-state index contributed by atoms with van der Waals surface area (Å²) >= 11 is 0. The van der Waals surface area contributed by atoms with Gasteiger partial charge in [-0.05, 0) is 154 Å². The maximum atomic E-state index is 6.15. The normalized spacial score (nSPS) is 11.6. The van der Waals surface area contributed by atoms with Gasteiger partial charge in [-0.15, -0.1) is 0 Å². The van der Waals surface area contributed by atoms with Crippen molar-refractivity contribution in [1.29, 1.82) is 0 Å². The molecule has 0 unspecified atom stereocenters. The molecule has 2 nitrogen and oxygen atoms in total. The van der Waals surface area contributed by atoms with Crippen molar-refractivity contribution in [1.82, 2.24) is 0 Å². The molecule has 0 atom stereocenters. The summed E-state index contributed by atoms with van der Waals surface area (Å²) in [4.78, 5) is 2.36. The van der Waals surface area contributed by atoms with Gasteiger partial charge >= 0.3 is 0 Å². The molecule has 0 saturated heterocycles. The molecule has 0 aliphatic rings. The molecule has 13 rings (SSSR count). The first-order chi connectivity index (χ1) is 32.7. The SMILES string of the molecule is c1cc(-c2ccc(N(c3ccc(-c4ccc5oc6ccccc6c5c4)cc3)c3ccc(-c4ccc5c6ccccc6c6ccccc6c5c4)cc3)cc2)cc(-c2cccc3ccccc23)c1. The molecule has 13 aromatic rings. The van der Waals surface area contributed by atoms with Crippen molar-refractivity contribution >= 4 is 82.1 Å². The lowest BCUT2D eigenvalue weighted by atomic mass is 9.92. The van der Waals surface area contributed by atoms with Gasteiger partial charge in [-0.2, -0.15) is 0 Å². The zero-order valence-electron chi connectivity index (χ0n) is 36.0. The van der Waals surface area contributed by atoms with E-state index < -0.39 is 0 Å². The summed E-state index contributed by atoms with van der Waals surface area (Å²) < 4.78 is 6.15. The zero-order chi connectivity index (χ0) is 43.6. The van der Waals surface area contributed by atoms with E-state index in [0.717, 1.165) is 50.1 Å². The number of fused-ring (bicyclic) bond motifs is 10. The molecule has 0 radical (unpaired) electrons. The lowest BCUT2D eigenvalue weighted by Gasteiger charge is -2.26. The van der Waals surface area contributed by atoms with Crippen LogP contribution in [0.1, 0.15) is 0 Å². The predicted octanol–water partition coefficient (Wildman–Crippen LogP) is 18.3. The van der Waals surface area contributed by atoms with Crippen LogP contribution in [0.25, 0.3) is 110 Å². The molecule has 1 heterocycles. The van der Waals surface area contributed by atoms with E-state index in [1.165, 1.54) is 76.5 Å². The van der Waals surface area contributed by atoms with Gasteiger partial charge in [-0.25, -0.2) is 0 Å². The van der Waals surface area contributed by atoms with E-state index in [1.807, 2.05) is 12.1 Å². The highest BCUT2D eigenvalue weighted by atomic mass is 16.3. The Labute approximate surface area is 382 Å². The monoisotopic (exact) mass is 839 g/mol. The highest BCUT2D eigenvalue weighted by Gasteiger charge is 2.16. The van der Waals surface area contributed by atoms with E-state index in [2.05, 4.69) is 241 Å². The van der Waals surface area contributed by atoms with Crippen molar-refractivity contribution in [3.05, 3.63) is 249 Å². The Morgan fingerprint density at radius 1 is 0.227 bits per heavy atom. The first-order valence-corrected chi connectivity index (χ1v) is 22.6. The van der Waals surface area contributed by atoms with Crippen LogP contribution in [0.2, 0.25) is 0 Å². The number of rotatable bonds is 7. The Balaban J connectivity index is 0.880. The molecule has 0 bridgehead atoms. The summed E-state index contributed by atoms with van der Waals surface area (Å²) in [6, 6.07) is 90.3. The second-order valence-corrected chi connectivity index (χ2v) is 17.2. The van der Waals surface area contributed by atoms with Crippen molar-refractivity contribution in [2.75, 3.05) is 4.90 Å². The van der Waals surface area contributed by atoms with Crippen LogP contribution in [0.3, 0.4) is 0 Å². The maximum Gasteiger partial charge on any atom is 0.135 e. The average molecular weight is 840 g/mol. The van der Waals surface area contributed by atoms with Gasteiger partial charge in [0.15, 0.2) is 0 Å². The minimum atomic E-state index is 0.903. The van der Waals surface area contributed by atoms with Gasteiger partial charge in [0, 0.05) is 27.8 Å². The lowest BCUT2D eigenvalue weighted by Crippen LogP contribution is -2.09. The fourth-order valence-electron chi connectivity index (χ4n) is 10.2. The van der Waals surface area contributed by atoms with Crippen LogP contribution in [0.5, 0.6) is 0 Å². The number of hydrogen-bond acceptors (Lipinski definition) is 2. The second-order valence-electron chi connectivity index (χ2n) is 17.2. The Hall–Kier alpha value is -8.72. The predicted molar refractivity (Wildman–Crippen MR) is 280 cm³/mol. The smallest absolute Gasteiger partial charge is 0.135 e. The molecule has 0 spiro atoms. The third kappa shape index (κ3) is 6.42. The number of hydrogen-bond donors (Lipinski definition) is 0. The van der Waals surface area contributed by atoms with Crippen molar-refractivity contribution in [3.63, 3.8) is 0 Å². The van der Waals surface area contributed by atoms with E-state index in [4.69, 9.17) is 4.42 Å². The average Bonchev–Trinajstić information content (AvgIpc) is 3.77. The summed E-state index contributed by atoms with van der Waals surface area (Å²) in [5.74, 6) is 0. The molecule has 0 fully saturated rings. The minimum absolute atomic E-state index is 0.903. The lowest BCUT2D eigenvalue weighted by molar-refractivity contribution is 0.669. The van der Waals surface area contributed by atoms with Crippen LogP contribution in [0.4, 0.5) is 17.1 Å². The molecular formula is C64H41NO. The quantitative estimate of drug-likeness (QED) is 0.149.